The molecule has 27 heavy (non-hydrogen) atoms. The first kappa shape index (κ1) is 18.9. The molecule has 7 nitrogen and oxygen atoms in total. The van der Waals surface area contributed by atoms with Crippen LogP contribution in [-0.2, 0) is 14.3 Å². The number of benzene rings is 1. The van der Waals surface area contributed by atoms with Crippen molar-refractivity contribution in [3.63, 3.8) is 0 Å². The van der Waals surface area contributed by atoms with Crippen molar-refractivity contribution in [3.8, 4) is 11.8 Å². The minimum absolute atomic E-state index is 0.0217. The number of likely N-dealkylation sites (tertiary alicyclic amines) is 1. The average molecular weight is 369 g/mol. The lowest BCUT2D eigenvalue weighted by molar-refractivity contribution is -0.137. The van der Waals surface area contributed by atoms with Crippen LogP contribution in [0.2, 0.25) is 0 Å². The van der Waals surface area contributed by atoms with Gasteiger partial charge < -0.3 is 19.3 Å². The van der Waals surface area contributed by atoms with Crippen LogP contribution in [0.5, 0.6) is 5.75 Å². The fourth-order valence-corrected chi connectivity index (χ4v) is 3.11. The van der Waals surface area contributed by atoms with E-state index in [2.05, 4.69) is 0 Å². The Morgan fingerprint density at radius 3 is 2.37 bits per heavy atom. The predicted octanol–water partition coefficient (Wildman–Crippen LogP) is 1.45. The smallest absolute Gasteiger partial charge is 0.264 e. The third-order valence-electron chi connectivity index (χ3n) is 4.66. The van der Waals surface area contributed by atoms with Crippen molar-refractivity contribution in [1.29, 1.82) is 5.26 Å². The topological polar surface area (TPSA) is 82.9 Å². The largest absolute Gasteiger partial charge is 0.484 e. The summed E-state index contributed by atoms with van der Waals surface area (Å²) >= 11 is 0. The molecule has 0 aromatic heterocycles. The summed E-state index contributed by atoms with van der Waals surface area (Å²) in [6.07, 6.45) is 3.56. The van der Waals surface area contributed by atoms with Crippen molar-refractivity contribution in [2.45, 2.75) is 12.8 Å². The molecule has 0 atom stereocenters. The van der Waals surface area contributed by atoms with Gasteiger partial charge in [-0.25, -0.2) is 0 Å². The van der Waals surface area contributed by atoms with E-state index >= 15 is 0 Å². The van der Waals surface area contributed by atoms with Gasteiger partial charge in [-0.3, -0.25) is 9.59 Å². The van der Waals surface area contributed by atoms with E-state index < -0.39 is 0 Å². The van der Waals surface area contributed by atoms with Gasteiger partial charge in [-0.15, -0.1) is 0 Å². The molecule has 3 rings (SSSR count). The van der Waals surface area contributed by atoms with Crippen molar-refractivity contribution >= 4 is 17.9 Å². The van der Waals surface area contributed by atoms with Gasteiger partial charge in [0, 0.05) is 26.2 Å². The van der Waals surface area contributed by atoms with Gasteiger partial charge in [0.2, 0.25) is 0 Å². The number of ether oxygens (including phenoxy) is 2. The molecule has 0 aliphatic carbocycles. The van der Waals surface area contributed by atoms with E-state index in [9.17, 15) is 14.9 Å². The number of morpholine rings is 1. The summed E-state index contributed by atoms with van der Waals surface area (Å²) in [6.45, 7) is 3.70. The molecule has 0 radical (unpaired) electrons. The molecular weight excluding hydrogens is 346 g/mol. The highest BCUT2D eigenvalue weighted by molar-refractivity contribution is 6.01. The molecule has 1 aromatic rings. The summed E-state index contributed by atoms with van der Waals surface area (Å²) in [7, 11) is 0. The highest BCUT2D eigenvalue weighted by Gasteiger charge is 2.21. The Hall–Kier alpha value is -2.85. The molecule has 2 heterocycles. The first-order chi connectivity index (χ1) is 13.2. The first-order valence-electron chi connectivity index (χ1n) is 9.17. The fourth-order valence-electron chi connectivity index (χ4n) is 3.11. The van der Waals surface area contributed by atoms with Crippen LogP contribution in [0.4, 0.5) is 0 Å². The third kappa shape index (κ3) is 5.08. The second-order valence-electron chi connectivity index (χ2n) is 6.52. The van der Waals surface area contributed by atoms with Crippen LogP contribution in [0, 0.1) is 11.3 Å². The SMILES string of the molecule is N#C/C(=C\c1ccc(OCC(=O)N2CCOCC2)cc1)C(=O)N1CCCC1. The monoisotopic (exact) mass is 369 g/mol. The Morgan fingerprint density at radius 2 is 1.74 bits per heavy atom. The summed E-state index contributed by atoms with van der Waals surface area (Å²) in [4.78, 5) is 27.9. The standard InChI is InChI=1S/C20H23N3O4/c21-14-17(20(25)23-7-1-2-8-23)13-16-3-5-18(6-4-16)27-15-19(24)22-9-11-26-12-10-22/h3-6,13H,1-2,7-12,15H2/b17-13+. The van der Waals surface area contributed by atoms with E-state index in [0.717, 1.165) is 18.4 Å². The molecule has 0 unspecified atom stereocenters. The highest BCUT2D eigenvalue weighted by atomic mass is 16.5. The minimum Gasteiger partial charge on any atom is -0.484 e. The van der Waals surface area contributed by atoms with Gasteiger partial charge in [0.15, 0.2) is 6.61 Å². The van der Waals surface area contributed by atoms with Gasteiger partial charge >= 0.3 is 0 Å². The molecular formula is C20H23N3O4. The quantitative estimate of drug-likeness (QED) is 0.580. The number of carbonyl (C=O) groups is 2. The molecule has 0 spiro atoms. The maximum atomic E-state index is 12.3. The van der Waals surface area contributed by atoms with Crippen LogP contribution in [0.1, 0.15) is 18.4 Å². The summed E-state index contributed by atoms with van der Waals surface area (Å²) in [6, 6.07) is 8.99. The summed E-state index contributed by atoms with van der Waals surface area (Å²) in [5.41, 5.74) is 0.874. The predicted molar refractivity (Wildman–Crippen MR) is 98.7 cm³/mol. The lowest BCUT2D eigenvalue weighted by Crippen LogP contribution is -2.42. The van der Waals surface area contributed by atoms with Gasteiger partial charge in [0.25, 0.3) is 11.8 Å². The lowest BCUT2D eigenvalue weighted by atomic mass is 10.1. The lowest BCUT2D eigenvalue weighted by Gasteiger charge is -2.26. The van der Waals surface area contributed by atoms with Gasteiger partial charge in [0.1, 0.15) is 17.4 Å². The summed E-state index contributed by atoms with van der Waals surface area (Å²) < 4.78 is 10.8. The molecule has 142 valence electrons. The van der Waals surface area contributed by atoms with Crippen LogP contribution in [0.3, 0.4) is 0 Å². The van der Waals surface area contributed by atoms with Gasteiger partial charge in [0.05, 0.1) is 13.2 Å². The number of carbonyl (C=O) groups excluding carboxylic acids is 2. The van der Waals surface area contributed by atoms with E-state index in [1.807, 2.05) is 6.07 Å². The van der Waals surface area contributed by atoms with Crippen molar-refractivity contribution in [1.82, 2.24) is 9.80 Å². The average Bonchev–Trinajstić information content (AvgIpc) is 3.26. The Morgan fingerprint density at radius 1 is 1.07 bits per heavy atom. The van der Waals surface area contributed by atoms with Crippen molar-refractivity contribution in [2.75, 3.05) is 46.0 Å². The zero-order chi connectivity index (χ0) is 19.1. The van der Waals surface area contributed by atoms with E-state index in [1.54, 1.807) is 40.1 Å². The number of rotatable bonds is 5. The maximum absolute atomic E-state index is 12.3. The van der Waals surface area contributed by atoms with Crippen LogP contribution >= 0.6 is 0 Å². The van der Waals surface area contributed by atoms with Crippen LogP contribution in [0.15, 0.2) is 29.8 Å². The Bertz CT molecular complexity index is 739. The van der Waals surface area contributed by atoms with E-state index in [-0.39, 0.29) is 24.0 Å². The number of nitriles is 1. The van der Waals surface area contributed by atoms with Gasteiger partial charge in [-0.2, -0.15) is 5.26 Å². The first-order valence-corrected chi connectivity index (χ1v) is 9.17. The van der Waals surface area contributed by atoms with E-state index in [0.29, 0.717) is 45.1 Å². The van der Waals surface area contributed by atoms with Crippen LogP contribution < -0.4 is 4.74 Å². The second kappa shape index (κ2) is 9.19. The normalized spacial score (nSPS) is 17.5. The molecule has 0 bridgehead atoms. The van der Waals surface area contributed by atoms with E-state index in [1.165, 1.54) is 0 Å². The molecule has 2 aliphatic rings. The van der Waals surface area contributed by atoms with Gasteiger partial charge in [-0.05, 0) is 36.6 Å². The number of hydrogen-bond acceptors (Lipinski definition) is 5. The summed E-state index contributed by atoms with van der Waals surface area (Å²) in [5.74, 6) is 0.287. The molecule has 2 fully saturated rings. The second-order valence-corrected chi connectivity index (χ2v) is 6.52. The minimum atomic E-state index is -0.216. The van der Waals surface area contributed by atoms with Crippen molar-refractivity contribution < 1.29 is 19.1 Å². The number of hydrogen-bond donors (Lipinski definition) is 0. The Kier molecular flexibility index (Phi) is 6.44. The van der Waals surface area contributed by atoms with Crippen LogP contribution in [-0.4, -0.2) is 67.6 Å². The zero-order valence-electron chi connectivity index (χ0n) is 15.2. The molecule has 1 aromatic carbocycles. The molecule has 2 amide bonds. The maximum Gasteiger partial charge on any atom is 0.264 e. The van der Waals surface area contributed by atoms with Crippen LogP contribution in [0.25, 0.3) is 6.08 Å². The molecule has 7 heteroatoms. The summed E-state index contributed by atoms with van der Waals surface area (Å²) in [5, 5.41) is 9.30. The van der Waals surface area contributed by atoms with E-state index in [4.69, 9.17) is 9.47 Å². The Balaban J connectivity index is 1.56. The van der Waals surface area contributed by atoms with Gasteiger partial charge in [-0.1, -0.05) is 12.1 Å². The molecule has 2 aliphatic heterocycles. The zero-order valence-corrected chi connectivity index (χ0v) is 15.2. The molecule has 0 N–H and O–H groups in total. The molecule has 0 saturated carbocycles. The highest BCUT2D eigenvalue weighted by Crippen LogP contribution is 2.17. The number of amides is 2. The number of nitrogens with zero attached hydrogens (tertiary/aromatic N) is 3. The fraction of sp³-hybridized carbons (Fsp3) is 0.450. The molecule has 2 saturated heterocycles. The van der Waals surface area contributed by atoms with Crippen molar-refractivity contribution in [2.24, 2.45) is 0 Å². The third-order valence-corrected chi connectivity index (χ3v) is 4.66. The van der Waals surface area contributed by atoms with Crippen molar-refractivity contribution in [3.05, 3.63) is 35.4 Å². The Labute approximate surface area is 158 Å².